The number of rotatable bonds is 40. The average Bonchev–Trinajstić information content (AvgIpc) is 3.09. The van der Waals surface area contributed by atoms with E-state index in [0.29, 0.717) is 12.8 Å². The molecular formula is C40H83N2O7P. The molecule has 0 aromatic heterocycles. The fourth-order valence-corrected chi connectivity index (χ4v) is 7.29. The van der Waals surface area contributed by atoms with Crippen LogP contribution in [0.15, 0.2) is 0 Å². The lowest BCUT2D eigenvalue weighted by atomic mass is 10.0. The largest absolute Gasteiger partial charge is 0.472 e. The highest BCUT2D eigenvalue weighted by Crippen LogP contribution is 2.43. The van der Waals surface area contributed by atoms with Gasteiger partial charge in [0.15, 0.2) is 0 Å². The smallest absolute Gasteiger partial charge is 0.393 e. The van der Waals surface area contributed by atoms with E-state index in [1.165, 1.54) is 141 Å². The van der Waals surface area contributed by atoms with Gasteiger partial charge in [-0.05, 0) is 12.8 Å². The number of unbranched alkanes of at least 4 members (excludes halogenated alkanes) is 26. The predicted octanol–water partition coefficient (Wildman–Crippen LogP) is 10.4. The van der Waals surface area contributed by atoms with Crippen molar-refractivity contribution in [3.05, 3.63) is 0 Å². The lowest BCUT2D eigenvalue weighted by Crippen LogP contribution is -2.47. The number of phosphoric acid groups is 1. The Morgan fingerprint density at radius 2 is 0.960 bits per heavy atom. The molecule has 300 valence electrons. The Kier molecular flexibility index (Phi) is 36.4. The van der Waals surface area contributed by atoms with Crippen LogP contribution >= 0.6 is 7.82 Å². The quantitative estimate of drug-likeness (QED) is 0.0308. The molecule has 0 heterocycles. The summed E-state index contributed by atoms with van der Waals surface area (Å²) in [5, 5.41) is 24.1. The monoisotopic (exact) mass is 735 g/mol. The van der Waals surface area contributed by atoms with Crippen LogP contribution in [0.2, 0.25) is 0 Å². The number of hydrogen-bond donors (Lipinski definition) is 5. The summed E-state index contributed by atoms with van der Waals surface area (Å²) < 4.78 is 22.1. The van der Waals surface area contributed by atoms with Crippen LogP contribution in [0, 0.1) is 0 Å². The third-order valence-corrected chi connectivity index (χ3v) is 10.7. The number of nitrogens with one attached hydrogen (secondary N) is 1. The van der Waals surface area contributed by atoms with Crippen LogP contribution in [0.4, 0.5) is 0 Å². The molecule has 0 fully saturated rings. The zero-order valence-corrected chi connectivity index (χ0v) is 33.7. The summed E-state index contributed by atoms with van der Waals surface area (Å²) in [7, 11) is -4.37. The summed E-state index contributed by atoms with van der Waals surface area (Å²) >= 11 is 0. The second kappa shape index (κ2) is 36.8. The van der Waals surface area contributed by atoms with Crippen LogP contribution < -0.4 is 11.1 Å². The number of aliphatic hydroxyl groups excluding tert-OH is 2. The lowest BCUT2D eigenvalue weighted by molar-refractivity contribution is -0.125. The van der Waals surface area contributed by atoms with Crippen LogP contribution in [-0.2, 0) is 18.4 Å². The molecule has 0 aliphatic carbocycles. The molecule has 4 unspecified atom stereocenters. The minimum absolute atomic E-state index is 0.0625. The Hall–Kier alpha value is -0.540. The van der Waals surface area contributed by atoms with Gasteiger partial charge >= 0.3 is 7.82 Å². The van der Waals surface area contributed by atoms with Crippen molar-refractivity contribution in [2.24, 2.45) is 5.73 Å². The summed E-state index contributed by atoms with van der Waals surface area (Å²) in [6, 6.07) is -0.889. The van der Waals surface area contributed by atoms with E-state index in [-0.39, 0.29) is 26.2 Å². The van der Waals surface area contributed by atoms with Gasteiger partial charge < -0.3 is 26.2 Å². The van der Waals surface area contributed by atoms with Gasteiger partial charge in [-0.2, -0.15) is 0 Å². The van der Waals surface area contributed by atoms with E-state index in [1.807, 2.05) is 0 Å². The molecule has 1 amide bonds. The first-order valence-corrected chi connectivity index (χ1v) is 22.7. The maximum atomic E-state index is 12.8. The minimum Gasteiger partial charge on any atom is -0.393 e. The minimum atomic E-state index is -4.37. The van der Waals surface area contributed by atoms with Gasteiger partial charge in [-0.3, -0.25) is 13.8 Å². The van der Waals surface area contributed by atoms with Gasteiger partial charge in [0.2, 0.25) is 5.91 Å². The first-order chi connectivity index (χ1) is 24.3. The molecule has 0 aliphatic rings. The molecule has 9 nitrogen and oxygen atoms in total. The van der Waals surface area contributed by atoms with Gasteiger partial charge in [0.25, 0.3) is 0 Å². The topological polar surface area (TPSA) is 151 Å². The number of nitrogens with two attached hydrogens (primary N) is 1. The standard InChI is InChI=1S/C40H83N2O7P/c1-3-5-7-9-11-13-15-16-17-18-19-20-21-22-24-26-28-30-32-39(44)38(36-49-50(46,47)48-34-33-41)42-40(45)35-37(43)31-29-27-25-23-14-12-10-8-6-4-2/h37-39,43-44H,3-36,41H2,1-2H3,(H,42,45)(H,46,47). The molecule has 50 heavy (non-hydrogen) atoms. The van der Waals surface area contributed by atoms with Crippen molar-refractivity contribution in [2.75, 3.05) is 19.8 Å². The van der Waals surface area contributed by atoms with Gasteiger partial charge in [0.05, 0.1) is 37.9 Å². The Labute approximate surface area is 308 Å². The van der Waals surface area contributed by atoms with Gasteiger partial charge in [-0.25, -0.2) is 4.57 Å². The zero-order chi connectivity index (χ0) is 37.0. The highest BCUT2D eigenvalue weighted by Gasteiger charge is 2.28. The van der Waals surface area contributed by atoms with Crippen molar-refractivity contribution < 1.29 is 33.5 Å². The molecule has 4 atom stereocenters. The molecule has 0 aromatic carbocycles. The van der Waals surface area contributed by atoms with Crippen molar-refractivity contribution in [2.45, 2.75) is 231 Å². The average molecular weight is 735 g/mol. The summed E-state index contributed by atoms with van der Waals surface area (Å²) in [6.45, 7) is 4.05. The summed E-state index contributed by atoms with van der Waals surface area (Å²) in [5.41, 5.74) is 5.36. The first-order valence-electron chi connectivity index (χ1n) is 21.2. The molecule has 0 saturated heterocycles. The zero-order valence-electron chi connectivity index (χ0n) is 32.8. The molecule has 0 saturated carbocycles. The fourth-order valence-electron chi connectivity index (χ4n) is 6.53. The van der Waals surface area contributed by atoms with Crippen LogP contribution in [0.3, 0.4) is 0 Å². The number of phosphoric ester groups is 1. The summed E-state index contributed by atoms with van der Waals surface area (Å²) in [5.74, 6) is -0.411. The fraction of sp³-hybridized carbons (Fsp3) is 0.975. The molecular weight excluding hydrogens is 651 g/mol. The SMILES string of the molecule is CCCCCCCCCCCCCCCCCCCCC(O)C(COP(=O)(O)OCCN)NC(=O)CC(O)CCCCCCCCCCCC. The molecule has 10 heteroatoms. The molecule has 6 N–H and O–H groups in total. The molecule has 0 aromatic rings. The third-order valence-electron chi connectivity index (χ3n) is 9.77. The highest BCUT2D eigenvalue weighted by atomic mass is 31.2. The Balaban J connectivity index is 4.24. The van der Waals surface area contributed by atoms with Gasteiger partial charge in [-0.15, -0.1) is 0 Å². The van der Waals surface area contributed by atoms with Crippen LogP contribution in [0.5, 0.6) is 0 Å². The number of carbonyl (C=O) groups excluding carboxylic acids is 1. The molecule has 0 rings (SSSR count). The van der Waals surface area contributed by atoms with Crippen LogP contribution in [-0.4, -0.2) is 59.0 Å². The molecule has 0 spiro atoms. The summed E-state index contributed by atoms with van der Waals surface area (Å²) in [6.07, 6.45) is 34.3. The first kappa shape index (κ1) is 49.5. The maximum absolute atomic E-state index is 12.8. The van der Waals surface area contributed by atoms with Crippen molar-refractivity contribution in [3.8, 4) is 0 Å². The Morgan fingerprint density at radius 1 is 0.600 bits per heavy atom. The predicted molar refractivity (Wildman–Crippen MR) is 209 cm³/mol. The van der Waals surface area contributed by atoms with Gasteiger partial charge in [0, 0.05) is 6.54 Å². The van der Waals surface area contributed by atoms with Crippen LogP contribution in [0.25, 0.3) is 0 Å². The lowest BCUT2D eigenvalue weighted by Gasteiger charge is -2.25. The maximum Gasteiger partial charge on any atom is 0.472 e. The summed E-state index contributed by atoms with van der Waals surface area (Å²) in [4.78, 5) is 22.7. The van der Waals surface area contributed by atoms with Crippen molar-refractivity contribution in [3.63, 3.8) is 0 Å². The van der Waals surface area contributed by atoms with Crippen molar-refractivity contribution >= 4 is 13.7 Å². The normalized spacial score (nSPS) is 14.8. The highest BCUT2D eigenvalue weighted by molar-refractivity contribution is 7.47. The second-order valence-corrected chi connectivity index (χ2v) is 16.2. The number of aliphatic hydroxyl groups is 2. The van der Waals surface area contributed by atoms with E-state index < -0.39 is 32.0 Å². The number of amides is 1. The Bertz CT molecular complexity index is 776. The van der Waals surface area contributed by atoms with E-state index in [1.54, 1.807) is 0 Å². The van der Waals surface area contributed by atoms with E-state index in [0.717, 1.165) is 38.5 Å². The number of hydrogen-bond acceptors (Lipinski definition) is 7. The van der Waals surface area contributed by atoms with E-state index in [2.05, 4.69) is 19.2 Å². The molecule has 0 bridgehead atoms. The Morgan fingerprint density at radius 3 is 1.34 bits per heavy atom. The van der Waals surface area contributed by atoms with E-state index in [4.69, 9.17) is 14.8 Å². The van der Waals surface area contributed by atoms with Crippen molar-refractivity contribution in [1.82, 2.24) is 5.32 Å². The number of carbonyl (C=O) groups is 1. The second-order valence-electron chi connectivity index (χ2n) is 14.8. The van der Waals surface area contributed by atoms with Crippen molar-refractivity contribution in [1.29, 1.82) is 0 Å². The molecule has 0 radical (unpaired) electrons. The van der Waals surface area contributed by atoms with E-state index >= 15 is 0 Å². The van der Waals surface area contributed by atoms with E-state index in [9.17, 15) is 24.5 Å². The molecule has 0 aliphatic heterocycles. The van der Waals surface area contributed by atoms with Crippen LogP contribution in [0.1, 0.15) is 213 Å². The third kappa shape index (κ3) is 34.5. The van der Waals surface area contributed by atoms with Gasteiger partial charge in [0.1, 0.15) is 0 Å². The van der Waals surface area contributed by atoms with Gasteiger partial charge in [-0.1, -0.05) is 194 Å².